The molecule has 1 saturated heterocycles. The van der Waals surface area contributed by atoms with Crippen molar-refractivity contribution in [1.82, 2.24) is 9.62 Å². The van der Waals surface area contributed by atoms with Gasteiger partial charge in [0.2, 0.25) is 0 Å². The van der Waals surface area contributed by atoms with Crippen LogP contribution in [0.1, 0.15) is 26.2 Å². The first-order valence-electron chi connectivity index (χ1n) is 6.64. The van der Waals surface area contributed by atoms with Crippen LogP contribution in [-0.2, 0) is 10.0 Å². The van der Waals surface area contributed by atoms with Crippen LogP contribution in [0.4, 0.5) is 0 Å². The maximum absolute atomic E-state index is 12.8. The maximum Gasteiger partial charge on any atom is 0.252 e. The second-order valence-corrected chi connectivity index (χ2v) is 9.70. The predicted octanol–water partition coefficient (Wildman–Crippen LogP) is 3.32. The normalized spacial score (nSPS) is 20.5. The molecule has 1 aromatic rings. The molecular formula is C12H18BrClN2O2S2. The van der Waals surface area contributed by atoms with Crippen LogP contribution >= 0.6 is 38.9 Å². The molecule has 0 spiro atoms. The molecule has 1 N–H and O–H groups in total. The molecule has 2 rings (SSSR count). The molecule has 0 aromatic carbocycles. The van der Waals surface area contributed by atoms with Crippen LogP contribution in [-0.4, -0.2) is 38.4 Å². The molecule has 1 fully saturated rings. The Kier molecular flexibility index (Phi) is 5.90. The average molecular weight is 402 g/mol. The first kappa shape index (κ1) is 16.7. The standard InChI is InChI=1S/C12H18BrClN2O2S2/c1-2-6-16(9-4-3-5-15-8-9)20(17,18)11-7-10(14)12(13)19-11/h7,9,15H,2-6,8H2,1H3. The van der Waals surface area contributed by atoms with Gasteiger partial charge in [-0.25, -0.2) is 8.42 Å². The predicted molar refractivity (Wildman–Crippen MR) is 87.1 cm³/mol. The van der Waals surface area contributed by atoms with Gasteiger partial charge in [-0.1, -0.05) is 18.5 Å². The number of piperidine rings is 1. The van der Waals surface area contributed by atoms with Gasteiger partial charge in [-0.2, -0.15) is 4.31 Å². The van der Waals surface area contributed by atoms with Gasteiger partial charge < -0.3 is 5.32 Å². The summed E-state index contributed by atoms with van der Waals surface area (Å²) in [5, 5.41) is 3.73. The van der Waals surface area contributed by atoms with Crippen LogP contribution in [0.15, 0.2) is 14.1 Å². The van der Waals surface area contributed by atoms with Gasteiger partial charge in [0.25, 0.3) is 10.0 Å². The largest absolute Gasteiger partial charge is 0.315 e. The fraction of sp³-hybridized carbons (Fsp3) is 0.667. The molecule has 0 saturated carbocycles. The summed E-state index contributed by atoms with van der Waals surface area (Å²) >= 11 is 10.4. The van der Waals surface area contributed by atoms with Crippen molar-refractivity contribution in [1.29, 1.82) is 0 Å². The Bertz CT molecular complexity index is 536. The average Bonchev–Trinajstić information content (AvgIpc) is 2.77. The first-order valence-corrected chi connectivity index (χ1v) is 10.1. The Balaban J connectivity index is 2.31. The van der Waals surface area contributed by atoms with Crippen molar-refractivity contribution in [2.24, 2.45) is 0 Å². The number of nitrogens with one attached hydrogen (secondary N) is 1. The van der Waals surface area contributed by atoms with Gasteiger partial charge in [0.15, 0.2) is 0 Å². The van der Waals surface area contributed by atoms with Crippen molar-refractivity contribution in [3.63, 3.8) is 0 Å². The minimum Gasteiger partial charge on any atom is -0.315 e. The Morgan fingerprint density at radius 2 is 2.35 bits per heavy atom. The first-order chi connectivity index (χ1) is 9.46. The minimum atomic E-state index is -3.47. The highest BCUT2D eigenvalue weighted by Crippen LogP contribution is 2.36. The topological polar surface area (TPSA) is 49.4 Å². The fourth-order valence-electron chi connectivity index (χ4n) is 2.37. The number of thiophene rings is 1. The van der Waals surface area contributed by atoms with E-state index >= 15 is 0 Å². The van der Waals surface area contributed by atoms with E-state index < -0.39 is 10.0 Å². The van der Waals surface area contributed by atoms with Crippen molar-refractivity contribution in [2.75, 3.05) is 19.6 Å². The second kappa shape index (κ2) is 7.07. The molecular weight excluding hydrogens is 384 g/mol. The van der Waals surface area contributed by atoms with E-state index in [4.69, 9.17) is 11.6 Å². The third-order valence-corrected chi connectivity index (χ3v) is 8.18. The van der Waals surface area contributed by atoms with Crippen molar-refractivity contribution < 1.29 is 8.42 Å². The van der Waals surface area contributed by atoms with E-state index in [0.29, 0.717) is 19.6 Å². The third kappa shape index (κ3) is 3.56. The van der Waals surface area contributed by atoms with Crippen molar-refractivity contribution in [2.45, 2.75) is 36.4 Å². The van der Waals surface area contributed by atoms with E-state index in [1.165, 1.54) is 17.4 Å². The summed E-state index contributed by atoms with van der Waals surface area (Å²) in [6.45, 7) is 4.23. The van der Waals surface area contributed by atoms with Crippen molar-refractivity contribution in [3.8, 4) is 0 Å². The molecule has 1 aliphatic heterocycles. The molecule has 1 atom stereocenters. The lowest BCUT2D eigenvalue weighted by atomic mass is 10.1. The smallest absolute Gasteiger partial charge is 0.252 e. The number of sulfonamides is 1. The van der Waals surface area contributed by atoms with Gasteiger partial charge in [-0.05, 0) is 47.8 Å². The Hall–Kier alpha value is 0.340. The van der Waals surface area contributed by atoms with Crippen molar-refractivity contribution >= 4 is 48.9 Å². The highest BCUT2D eigenvalue weighted by molar-refractivity contribution is 9.11. The molecule has 0 radical (unpaired) electrons. The fourth-order valence-corrected chi connectivity index (χ4v) is 6.64. The van der Waals surface area contributed by atoms with E-state index in [1.54, 1.807) is 4.31 Å². The van der Waals surface area contributed by atoms with E-state index in [-0.39, 0.29) is 6.04 Å². The van der Waals surface area contributed by atoms with Crippen LogP contribution < -0.4 is 5.32 Å². The molecule has 0 bridgehead atoms. The number of halogens is 2. The monoisotopic (exact) mass is 400 g/mol. The van der Waals surface area contributed by atoms with Gasteiger partial charge in [-0.3, -0.25) is 0 Å². The van der Waals surface area contributed by atoms with Crippen LogP contribution in [0.3, 0.4) is 0 Å². The lowest BCUT2D eigenvalue weighted by molar-refractivity contribution is 0.266. The molecule has 1 aromatic heterocycles. The zero-order valence-electron chi connectivity index (χ0n) is 11.2. The van der Waals surface area contributed by atoms with E-state index in [0.717, 1.165) is 32.4 Å². The van der Waals surface area contributed by atoms with Crippen LogP contribution in [0.5, 0.6) is 0 Å². The lowest BCUT2D eigenvalue weighted by Crippen LogP contribution is -2.48. The van der Waals surface area contributed by atoms with E-state index in [2.05, 4.69) is 21.2 Å². The van der Waals surface area contributed by atoms with E-state index in [9.17, 15) is 8.42 Å². The number of rotatable bonds is 5. The van der Waals surface area contributed by atoms with Gasteiger partial charge in [0.05, 0.1) is 8.81 Å². The summed E-state index contributed by atoms with van der Waals surface area (Å²) in [7, 11) is -3.47. The SMILES string of the molecule is CCCN(C1CCCNC1)S(=O)(=O)c1cc(Cl)c(Br)s1. The summed E-state index contributed by atoms with van der Waals surface area (Å²) in [5.74, 6) is 0. The highest BCUT2D eigenvalue weighted by Gasteiger charge is 2.33. The second-order valence-electron chi connectivity index (χ2n) is 4.80. The van der Waals surface area contributed by atoms with Gasteiger partial charge in [-0.15, -0.1) is 11.3 Å². The molecule has 0 aliphatic carbocycles. The quantitative estimate of drug-likeness (QED) is 0.823. The summed E-state index contributed by atoms with van der Waals surface area (Å²) in [4.78, 5) is 0. The molecule has 8 heteroatoms. The molecule has 4 nitrogen and oxygen atoms in total. The number of hydrogen-bond acceptors (Lipinski definition) is 4. The molecule has 20 heavy (non-hydrogen) atoms. The molecule has 1 unspecified atom stereocenters. The van der Waals surface area contributed by atoms with Gasteiger partial charge >= 0.3 is 0 Å². The summed E-state index contributed by atoms with van der Waals surface area (Å²) in [6.07, 6.45) is 2.72. The summed E-state index contributed by atoms with van der Waals surface area (Å²) in [5.41, 5.74) is 0. The van der Waals surface area contributed by atoms with Gasteiger partial charge in [0.1, 0.15) is 4.21 Å². The number of nitrogens with zero attached hydrogens (tertiary/aromatic N) is 1. The van der Waals surface area contributed by atoms with Crippen molar-refractivity contribution in [3.05, 3.63) is 14.9 Å². The minimum absolute atomic E-state index is 0.0355. The molecule has 1 aliphatic rings. The highest BCUT2D eigenvalue weighted by atomic mass is 79.9. The van der Waals surface area contributed by atoms with Crippen LogP contribution in [0, 0.1) is 0 Å². The maximum atomic E-state index is 12.8. The van der Waals surface area contributed by atoms with Gasteiger partial charge in [0, 0.05) is 19.1 Å². The third-order valence-electron chi connectivity index (χ3n) is 3.31. The zero-order chi connectivity index (χ0) is 14.8. The Morgan fingerprint density at radius 3 is 2.85 bits per heavy atom. The molecule has 114 valence electrons. The van der Waals surface area contributed by atoms with Crippen LogP contribution in [0.2, 0.25) is 5.02 Å². The van der Waals surface area contributed by atoms with E-state index in [1.807, 2.05) is 6.92 Å². The number of hydrogen-bond donors (Lipinski definition) is 1. The zero-order valence-corrected chi connectivity index (χ0v) is 15.2. The molecule has 2 heterocycles. The summed E-state index contributed by atoms with van der Waals surface area (Å²) in [6, 6.07) is 1.57. The van der Waals surface area contributed by atoms with Crippen LogP contribution in [0.25, 0.3) is 0 Å². The Morgan fingerprint density at radius 1 is 1.60 bits per heavy atom. The lowest BCUT2D eigenvalue weighted by Gasteiger charge is -2.33. The summed E-state index contributed by atoms with van der Waals surface area (Å²) < 4.78 is 28.2. The molecule has 0 amide bonds. The Labute approximate surface area is 137 Å².